The molecule has 0 bridgehead atoms. The number of likely N-dealkylation sites (N-methyl/N-ethyl adjacent to an activating group) is 1. The molecule has 33 heavy (non-hydrogen) atoms. The van der Waals surface area contributed by atoms with Gasteiger partial charge in [-0.1, -0.05) is 36.2 Å². The number of para-hydroxylation sites is 1. The summed E-state index contributed by atoms with van der Waals surface area (Å²) in [6.45, 7) is 4.64. The number of benzene rings is 2. The van der Waals surface area contributed by atoms with Crippen molar-refractivity contribution in [3.63, 3.8) is 0 Å². The van der Waals surface area contributed by atoms with E-state index in [0.29, 0.717) is 34.1 Å². The summed E-state index contributed by atoms with van der Waals surface area (Å²) in [5, 5.41) is 7.19. The topological polar surface area (TPSA) is 82.6 Å². The number of urea groups is 1. The summed E-state index contributed by atoms with van der Waals surface area (Å²) in [5.41, 5.74) is 2.06. The van der Waals surface area contributed by atoms with Gasteiger partial charge in [-0.3, -0.25) is 9.80 Å². The zero-order valence-electron chi connectivity index (χ0n) is 18.3. The summed E-state index contributed by atoms with van der Waals surface area (Å²) in [5.74, 6) is 1.70. The van der Waals surface area contributed by atoms with Crippen LogP contribution in [0.15, 0.2) is 48.7 Å². The molecule has 3 aromatic rings. The van der Waals surface area contributed by atoms with Crippen molar-refractivity contribution in [2.45, 2.75) is 13.5 Å². The largest absolute Gasteiger partial charge is 0.492 e. The second-order valence-electron chi connectivity index (χ2n) is 7.39. The molecule has 1 aliphatic rings. The lowest BCUT2D eigenvalue weighted by Crippen LogP contribution is -2.46. The fourth-order valence-electron chi connectivity index (χ4n) is 3.47. The molecule has 0 saturated carbocycles. The van der Waals surface area contributed by atoms with Crippen molar-refractivity contribution in [3.8, 4) is 5.75 Å². The van der Waals surface area contributed by atoms with Crippen LogP contribution >= 0.6 is 23.2 Å². The summed E-state index contributed by atoms with van der Waals surface area (Å²) < 4.78 is 5.69. The van der Waals surface area contributed by atoms with Crippen LogP contribution in [0.5, 0.6) is 5.75 Å². The lowest BCUT2D eigenvalue weighted by Gasteiger charge is -2.34. The highest BCUT2D eigenvalue weighted by atomic mass is 35.5. The first-order valence-corrected chi connectivity index (χ1v) is 11.3. The number of halogens is 2. The van der Waals surface area contributed by atoms with E-state index in [2.05, 4.69) is 27.5 Å². The summed E-state index contributed by atoms with van der Waals surface area (Å²) in [6, 6.07) is 12.4. The SMILES string of the molecule is CCNCCOc1ccc(Nc2ncc3c(n2)N(C)C(=O)N(c2c(Cl)cccc2Cl)C3)cc1. The minimum absolute atomic E-state index is 0.265. The van der Waals surface area contributed by atoms with Crippen LogP contribution in [0.2, 0.25) is 10.0 Å². The maximum Gasteiger partial charge on any atom is 0.330 e. The number of carbonyl (C=O) groups excluding carboxylic acids is 1. The van der Waals surface area contributed by atoms with E-state index in [1.807, 2.05) is 24.3 Å². The first kappa shape index (κ1) is 23.1. The molecule has 0 radical (unpaired) electrons. The van der Waals surface area contributed by atoms with Gasteiger partial charge in [0.15, 0.2) is 0 Å². The van der Waals surface area contributed by atoms with Gasteiger partial charge in [-0.05, 0) is 42.9 Å². The second kappa shape index (κ2) is 10.2. The lowest BCUT2D eigenvalue weighted by atomic mass is 10.2. The number of aromatic nitrogens is 2. The zero-order chi connectivity index (χ0) is 23.4. The summed E-state index contributed by atoms with van der Waals surface area (Å²) >= 11 is 12.6. The number of nitrogens with one attached hydrogen (secondary N) is 2. The van der Waals surface area contributed by atoms with Crippen LogP contribution in [-0.2, 0) is 6.54 Å². The number of carbonyl (C=O) groups is 1. The van der Waals surface area contributed by atoms with Crippen molar-refractivity contribution in [2.75, 3.05) is 41.9 Å². The number of amides is 2. The predicted molar refractivity (Wildman–Crippen MR) is 132 cm³/mol. The fourth-order valence-corrected chi connectivity index (χ4v) is 4.07. The molecule has 2 heterocycles. The van der Waals surface area contributed by atoms with Crippen molar-refractivity contribution < 1.29 is 9.53 Å². The van der Waals surface area contributed by atoms with Crippen molar-refractivity contribution in [1.82, 2.24) is 15.3 Å². The molecule has 0 unspecified atom stereocenters. The predicted octanol–water partition coefficient (Wildman–Crippen LogP) is 5.09. The van der Waals surface area contributed by atoms with E-state index in [1.54, 1.807) is 31.4 Å². The lowest BCUT2D eigenvalue weighted by molar-refractivity contribution is 0.251. The maximum absolute atomic E-state index is 13.1. The van der Waals surface area contributed by atoms with E-state index in [1.165, 1.54) is 9.80 Å². The third-order valence-corrected chi connectivity index (χ3v) is 5.73. The monoisotopic (exact) mass is 486 g/mol. The molecule has 172 valence electrons. The van der Waals surface area contributed by atoms with E-state index in [-0.39, 0.29) is 12.6 Å². The van der Waals surface area contributed by atoms with Crippen molar-refractivity contribution in [3.05, 3.63) is 64.3 Å². The van der Waals surface area contributed by atoms with Crippen LogP contribution < -0.4 is 25.2 Å². The van der Waals surface area contributed by atoms with Crippen molar-refractivity contribution in [2.24, 2.45) is 0 Å². The summed E-state index contributed by atoms with van der Waals surface area (Å²) in [4.78, 5) is 25.0. The molecule has 1 aliphatic heterocycles. The Kier molecular flexibility index (Phi) is 7.17. The van der Waals surface area contributed by atoms with Crippen LogP contribution in [0.4, 0.5) is 27.9 Å². The highest BCUT2D eigenvalue weighted by Crippen LogP contribution is 2.38. The Morgan fingerprint density at radius 1 is 1.12 bits per heavy atom. The third kappa shape index (κ3) is 5.13. The van der Waals surface area contributed by atoms with Crippen LogP contribution in [-0.4, -0.2) is 42.7 Å². The number of hydrogen-bond donors (Lipinski definition) is 2. The molecule has 8 nitrogen and oxygen atoms in total. The fraction of sp³-hybridized carbons (Fsp3) is 0.261. The van der Waals surface area contributed by atoms with Gasteiger partial charge in [0, 0.05) is 31.0 Å². The van der Waals surface area contributed by atoms with Gasteiger partial charge in [0.05, 0.1) is 22.3 Å². The summed E-state index contributed by atoms with van der Waals surface area (Å²) in [7, 11) is 1.66. The average Bonchev–Trinajstić information content (AvgIpc) is 2.81. The van der Waals surface area contributed by atoms with E-state index >= 15 is 0 Å². The van der Waals surface area contributed by atoms with Gasteiger partial charge in [0.2, 0.25) is 5.95 Å². The van der Waals surface area contributed by atoms with Gasteiger partial charge in [0.25, 0.3) is 0 Å². The van der Waals surface area contributed by atoms with Crippen LogP contribution in [0.3, 0.4) is 0 Å². The zero-order valence-corrected chi connectivity index (χ0v) is 19.8. The first-order valence-electron chi connectivity index (χ1n) is 10.5. The number of anilines is 4. The van der Waals surface area contributed by atoms with Crippen molar-refractivity contribution >= 4 is 52.4 Å². The minimum atomic E-state index is -0.277. The van der Waals surface area contributed by atoms with Crippen LogP contribution in [0, 0.1) is 0 Å². The third-order valence-electron chi connectivity index (χ3n) is 5.12. The highest BCUT2D eigenvalue weighted by molar-refractivity contribution is 6.40. The normalized spacial score (nSPS) is 13.2. The minimum Gasteiger partial charge on any atom is -0.492 e. The van der Waals surface area contributed by atoms with E-state index < -0.39 is 0 Å². The smallest absolute Gasteiger partial charge is 0.330 e. The quantitative estimate of drug-likeness (QED) is 0.431. The molecule has 2 amide bonds. The average molecular weight is 487 g/mol. The van der Waals surface area contributed by atoms with E-state index in [9.17, 15) is 4.79 Å². The Labute approximate surface area is 202 Å². The summed E-state index contributed by atoms with van der Waals surface area (Å²) in [6.07, 6.45) is 1.70. The molecule has 10 heteroatoms. The van der Waals surface area contributed by atoms with E-state index in [4.69, 9.17) is 27.9 Å². The maximum atomic E-state index is 13.1. The Morgan fingerprint density at radius 2 is 1.85 bits per heavy atom. The Morgan fingerprint density at radius 3 is 2.55 bits per heavy atom. The van der Waals surface area contributed by atoms with Gasteiger partial charge in [0.1, 0.15) is 18.2 Å². The number of nitrogens with zero attached hydrogens (tertiary/aromatic N) is 4. The molecule has 0 saturated heterocycles. The number of rotatable bonds is 8. The molecule has 0 fully saturated rings. The van der Waals surface area contributed by atoms with Crippen LogP contribution in [0.1, 0.15) is 12.5 Å². The molecule has 4 rings (SSSR count). The molecular weight excluding hydrogens is 463 g/mol. The van der Waals surface area contributed by atoms with Gasteiger partial charge >= 0.3 is 6.03 Å². The molecule has 2 aromatic carbocycles. The van der Waals surface area contributed by atoms with Gasteiger partial charge in [-0.15, -0.1) is 0 Å². The molecule has 0 aliphatic carbocycles. The standard InChI is InChI=1S/C23H24Cl2N6O2/c1-3-26-11-12-33-17-9-7-16(8-10-17)28-22-27-13-15-14-31(23(32)30(2)21(15)29-22)20-18(24)5-4-6-19(20)25/h4-10,13,26H,3,11-12,14H2,1-2H3,(H,27,28,29). The van der Waals surface area contributed by atoms with Crippen LogP contribution in [0.25, 0.3) is 0 Å². The van der Waals surface area contributed by atoms with Gasteiger partial charge in [-0.25, -0.2) is 9.78 Å². The van der Waals surface area contributed by atoms with Gasteiger partial charge in [-0.2, -0.15) is 4.98 Å². The Hall–Kier alpha value is -3.07. The second-order valence-corrected chi connectivity index (χ2v) is 8.21. The number of ether oxygens (including phenoxy) is 1. The van der Waals surface area contributed by atoms with E-state index in [0.717, 1.165) is 30.1 Å². The van der Waals surface area contributed by atoms with Gasteiger partial charge < -0.3 is 15.4 Å². The Balaban J connectivity index is 1.49. The number of hydrogen-bond acceptors (Lipinski definition) is 6. The molecular formula is C23H24Cl2N6O2. The Bertz CT molecular complexity index is 1120. The molecule has 2 N–H and O–H groups in total. The van der Waals surface area contributed by atoms with Crippen molar-refractivity contribution in [1.29, 1.82) is 0 Å². The highest BCUT2D eigenvalue weighted by Gasteiger charge is 2.32. The molecule has 0 atom stereocenters. The number of fused-ring (bicyclic) bond motifs is 1. The first-order chi connectivity index (χ1) is 16.0. The molecule has 0 spiro atoms. The molecule has 1 aromatic heterocycles.